The summed E-state index contributed by atoms with van der Waals surface area (Å²) in [6.45, 7) is 2.06. The van der Waals surface area contributed by atoms with Gasteiger partial charge in [-0.05, 0) is 36.8 Å². The number of hydrogen-bond acceptors (Lipinski definition) is 3. The predicted molar refractivity (Wildman–Crippen MR) is 61.4 cm³/mol. The Labute approximate surface area is 92.6 Å². The maximum Gasteiger partial charge on any atom is 0.113 e. The third-order valence-corrected chi connectivity index (χ3v) is 2.51. The molecular formula is C12H10N4. The van der Waals surface area contributed by atoms with Gasteiger partial charge < -0.3 is 0 Å². The average molecular weight is 210 g/mol. The highest BCUT2D eigenvalue weighted by atomic mass is 15.4. The summed E-state index contributed by atoms with van der Waals surface area (Å²) in [6, 6.07) is 9.92. The largest absolute Gasteiger partial charge is 0.265 e. The van der Waals surface area contributed by atoms with E-state index in [4.69, 9.17) is 0 Å². The minimum Gasteiger partial charge on any atom is -0.265 e. The molecule has 3 aromatic rings. The molecule has 4 heteroatoms. The third kappa shape index (κ3) is 1.35. The number of hydrogen-bond donors (Lipinski definition) is 0. The summed E-state index contributed by atoms with van der Waals surface area (Å²) in [5.41, 5.74) is 4.10. The van der Waals surface area contributed by atoms with Gasteiger partial charge in [-0.15, -0.1) is 5.10 Å². The van der Waals surface area contributed by atoms with Crippen LogP contribution in [0.2, 0.25) is 0 Å². The van der Waals surface area contributed by atoms with Crippen molar-refractivity contribution in [2.75, 3.05) is 0 Å². The van der Waals surface area contributed by atoms with E-state index < -0.39 is 0 Å². The molecule has 0 spiro atoms. The Balaban J connectivity index is 2.29. The van der Waals surface area contributed by atoms with E-state index in [2.05, 4.69) is 28.3 Å². The Bertz CT molecular complexity index is 628. The van der Waals surface area contributed by atoms with Gasteiger partial charge in [0.1, 0.15) is 5.52 Å². The van der Waals surface area contributed by atoms with Crippen LogP contribution in [0.1, 0.15) is 5.56 Å². The van der Waals surface area contributed by atoms with E-state index in [1.807, 2.05) is 28.9 Å². The van der Waals surface area contributed by atoms with E-state index in [9.17, 15) is 0 Å². The van der Waals surface area contributed by atoms with Crippen molar-refractivity contribution in [2.45, 2.75) is 6.92 Å². The van der Waals surface area contributed by atoms with Crippen LogP contribution in [0, 0.1) is 6.92 Å². The van der Waals surface area contributed by atoms with E-state index in [0.29, 0.717) is 0 Å². The van der Waals surface area contributed by atoms with Crippen molar-refractivity contribution in [3.8, 4) is 5.69 Å². The standard InChI is InChI=1S/C12H10N4/c1-9-2-3-11-12(8-9)16(15-14-11)10-4-6-13-7-5-10/h2-8H,1H3. The Hall–Kier alpha value is -2.23. The minimum atomic E-state index is 0.905. The molecule has 0 aliphatic heterocycles. The third-order valence-electron chi connectivity index (χ3n) is 2.51. The highest BCUT2D eigenvalue weighted by Crippen LogP contribution is 2.16. The zero-order valence-corrected chi connectivity index (χ0v) is 8.83. The SMILES string of the molecule is Cc1ccc2nnn(-c3ccncc3)c2c1. The molecule has 0 atom stereocenters. The summed E-state index contributed by atoms with van der Waals surface area (Å²) in [7, 11) is 0. The fraction of sp³-hybridized carbons (Fsp3) is 0.0833. The molecule has 2 heterocycles. The second-order valence-electron chi connectivity index (χ2n) is 3.70. The normalized spacial score (nSPS) is 10.8. The van der Waals surface area contributed by atoms with E-state index in [1.54, 1.807) is 12.4 Å². The molecule has 0 aliphatic rings. The molecule has 0 bridgehead atoms. The minimum absolute atomic E-state index is 0.905. The van der Waals surface area contributed by atoms with Crippen LogP contribution in [0.3, 0.4) is 0 Å². The van der Waals surface area contributed by atoms with Gasteiger partial charge in [0.05, 0.1) is 11.2 Å². The summed E-state index contributed by atoms with van der Waals surface area (Å²) in [5, 5.41) is 8.27. The Morgan fingerprint density at radius 3 is 2.69 bits per heavy atom. The van der Waals surface area contributed by atoms with Crippen LogP contribution in [-0.2, 0) is 0 Å². The maximum atomic E-state index is 4.15. The fourth-order valence-electron chi connectivity index (χ4n) is 1.70. The molecule has 0 aliphatic carbocycles. The molecule has 0 saturated heterocycles. The van der Waals surface area contributed by atoms with E-state index in [1.165, 1.54) is 5.56 Å². The van der Waals surface area contributed by atoms with Crippen LogP contribution >= 0.6 is 0 Å². The van der Waals surface area contributed by atoms with Crippen molar-refractivity contribution in [3.05, 3.63) is 48.3 Å². The quantitative estimate of drug-likeness (QED) is 0.618. The van der Waals surface area contributed by atoms with Crippen molar-refractivity contribution in [3.63, 3.8) is 0 Å². The number of nitrogens with zero attached hydrogens (tertiary/aromatic N) is 4. The monoisotopic (exact) mass is 210 g/mol. The van der Waals surface area contributed by atoms with Crippen molar-refractivity contribution in [2.24, 2.45) is 0 Å². The molecular weight excluding hydrogens is 200 g/mol. The van der Waals surface area contributed by atoms with Crippen molar-refractivity contribution in [1.29, 1.82) is 0 Å². The Morgan fingerprint density at radius 2 is 1.88 bits per heavy atom. The molecule has 0 N–H and O–H groups in total. The lowest BCUT2D eigenvalue weighted by Gasteiger charge is -2.01. The van der Waals surface area contributed by atoms with Crippen LogP contribution in [0.15, 0.2) is 42.7 Å². The molecule has 3 rings (SSSR count). The molecule has 2 aromatic heterocycles. The van der Waals surface area contributed by atoms with Gasteiger partial charge in [0.25, 0.3) is 0 Å². The van der Waals surface area contributed by atoms with Crippen LogP contribution in [0.5, 0.6) is 0 Å². The summed E-state index contributed by atoms with van der Waals surface area (Å²) >= 11 is 0. The second-order valence-corrected chi connectivity index (χ2v) is 3.70. The van der Waals surface area contributed by atoms with Gasteiger partial charge in [-0.25, -0.2) is 4.68 Å². The second kappa shape index (κ2) is 3.41. The van der Waals surface area contributed by atoms with E-state index in [-0.39, 0.29) is 0 Å². The first kappa shape index (κ1) is 9.03. The van der Waals surface area contributed by atoms with Gasteiger partial charge in [-0.3, -0.25) is 4.98 Å². The highest BCUT2D eigenvalue weighted by Gasteiger charge is 2.05. The van der Waals surface area contributed by atoms with E-state index >= 15 is 0 Å². The number of benzene rings is 1. The van der Waals surface area contributed by atoms with Gasteiger partial charge in [-0.1, -0.05) is 11.3 Å². The lowest BCUT2D eigenvalue weighted by Crippen LogP contribution is -1.96. The molecule has 0 amide bonds. The number of rotatable bonds is 1. The summed E-state index contributed by atoms with van der Waals surface area (Å²) in [6.07, 6.45) is 3.50. The fourth-order valence-corrected chi connectivity index (χ4v) is 1.70. The van der Waals surface area contributed by atoms with Crippen LogP contribution < -0.4 is 0 Å². The molecule has 4 nitrogen and oxygen atoms in total. The van der Waals surface area contributed by atoms with Crippen molar-refractivity contribution in [1.82, 2.24) is 20.0 Å². The summed E-state index contributed by atoms with van der Waals surface area (Å²) < 4.78 is 1.82. The van der Waals surface area contributed by atoms with Gasteiger partial charge in [-0.2, -0.15) is 0 Å². The molecule has 0 fully saturated rings. The first-order valence-corrected chi connectivity index (χ1v) is 5.07. The van der Waals surface area contributed by atoms with E-state index in [0.717, 1.165) is 16.7 Å². The molecule has 16 heavy (non-hydrogen) atoms. The summed E-state index contributed by atoms with van der Waals surface area (Å²) in [5.74, 6) is 0. The van der Waals surface area contributed by atoms with Crippen molar-refractivity contribution >= 4 is 11.0 Å². The number of aryl methyl sites for hydroxylation is 1. The van der Waals surface area contributed by atoms with Crippen LogP contribution in [0.4, 0.5) is 0 Å². The predicted octanol–water partition coefficient (Wildman–Crippen LogP) is 2.12. The Morgan fingerprint density at radius 1 is 1.06 bits per heavy atom. The molecule has 0 radical (unpaired) electrons. The van der Waals surface area contributed by atoms with Crippen LogP contribution in [0.25, 0.3) is 16.7 Å². The smallest absolute Gasteiger partial charge is 0.113 e. The topological polar surface area (TPSA) is 43.6 Å². The average Bonchev–Trinajstić information content (AvgIpc) is 2.73. The van der Waals surface area contributed by atoms with Crippen molar-refractivity contribution < 1.29 is 0 Å². The molecule has 0 unspecified atom stereocenters. The van der Waals surface area contributed by atoms with Gasteiger partial charge in [0.2, 0.25) is 0 Å². The molecule has 1 aromatic carbocycles. The first-order valence-electron chi connectivity index (χ1n) is 5.07. The van der Waals surface area contributed by atoms with Crippen LogP contribution in [-0.4, -0.2) is 20.0 Å². The first-order chi connectivity index (χ1) is 7.84. The number of aromatic nitrogens is 4. The molecule has 0 saturated carbocycles. The lowest BCUT2D eigenvalue weighted by molar-refractivity contribution is 0.822. The number of fused-ring (bicyclic) bond motifs is 1. The Kier molecular flexibility index (Phi) is 1.93. The highest BCUT2D eigenvalue weighted by molar-refractivity contribution is 5.76. The maximum absolute atomic E-state index is 4.15. The molecule has 78 valence electrons. The summed E-state index contributed by atoms with van der Waals surface area (Å²) in [4.78, 5) is 3.99. The van der Waals surface area contributed by atoms with Gasteiger partial charge in [0, 0.05) is 12.4 Å². The number of pyridine rings is 1. The zero-order valence-electron chi connectivity index (χ0n) is 8.83. The van der Waals surface area contributed by atoms with Gasteiger partial charge in [0.15, 0.2) is 0 Å². The van der Waals surface area contributed by atoms with Gasteiger partial charge >= 0.3 is 0 Å². The zero-order chi connectivity index (χ0) is 11.0. The lowest BCUT2D eigenvalue weighted by atomic mass is 10.2.